The minimum absolute atomic E-state index is 0.0399. The van der Waals surface area contributed by atoms with Crippen LogP contribution in [0.15, 0.2) is 12.4 Å². The smallest absolute Gasteiger partial charge is 0.133 e. The second-order valence-electron chi connectivity index (χ2n) is 4.20. The Bertz CT molecular complexity index is 258. The van der Waals surface area contributed by atoms with Crippen LogP contribution in [-0.4, -0.2) is 17.0 Å². The SMILES string of the molecule is CNCc1cnc(C(C)(C)C)nc1. The standard InChI is InChI=1S/C10H17N3/c1-10(2,3)9-12-6-8(5-11-4)7-13-9/h6-7,11H,5H2,1-4H3. The van der Waals surface area contributed by atoms with E-state index in [1.807, 2.05) is 19.4 Å². The van der Waals surface area contributed by atoms with E-state index < -0.39 is 0 Å². The summed E-state index contributed by atoms with van der Waals surface area (Å²) in [6, 6.07) is 0. The predicted octanol–water partition coefficient (Wildman–Crippen LogP) is 1.49. The molecule has 0 bridgehead atoms. The van der Waals surface area contributed by atoms with Crippen LogP contribution in [0.4, 0.5) is 0 Å². The minimum atomic E-state index is 0.0399. The minimum Gasteiger partial charge on any atom is -0.316 e. The van der Waals surface area contributed by atoms with Crippen LogP contribution in [0.25, 0.3) is 0 Å². The highest BCUT2D eigenvalue weighted by molar-refractivity contribution is 5.09. The highest BCUT2D eigenvalue weighted by atomic mass is 14.9. The fraction of sp³-hybridized carbons (Fsp3) is 0.600. The van der Waals surface area contributed by atoms with Crippen LogP contribution in [0.2, 0.25) is 0 Å². The van der Waals surface area contributed by atoms with E-state index in [4.69, 9.17) is 0 Å². The lowest BCUT2D eigenvalue weighted by molar-refractivity contribution is 0.543. The monoisotopic (exact) mass is 179 g/mol. The zero-order valence-electron chi connectivity index (χ0n) is 8.76. The van der Waals surface area contributed by atoms with Crippen molar-refractivity contribution < 1.29 is 0 Å². The quantitative estimate of drug-likeness (QED) is 0.747. The molecule has 1 N–H and O–H groups in total. The molecule has 0 spiro atoms. The van der Waals surface area contributed by atoms with Gasteiger partial charge in [0.2, 0.25) is 0 Å². The maximum atomic E-state index is 4.32. The number of hydrogen-bond acceptors (Lipinski definition) is 3. The topological polar surface area (TPSA) is 37.8 Å². The average Bonchev–Trinajstić information content (AvgIpc) is 2.04. The van der Waals surface area contributed by atoms with Gasteiger partial charge in [0.1, 0.15) is 5.82 Å². The second-order valence-corrected chi connectivity index (χ2v) is 4.20. The molecule has 0 saturated heterocycles. The van der Waals surface area contributed by atoms with Crippen molar-refractivity contribution in [1.82, 2.24) is 15.3 Å². The molecule has 3 heteroatoms. The van der Waals surface area contributed by atoms with Gasteiger partial charge < -0.3 is 5.32 Å². The fourth-order valence-electron chi connectivity index (χ4n) is 1.04. The molecule has 13 heavy (non-hydrogen) atoms. The molecule has 1 aromatic heterocycles. The van der Waals surface area contributed by atoms with Crippen LogP contribution >= 0.6 is 0 Å². The summed E-state index contributed by atoms with van der Waals surface area (Å²) in [5.41, 5.74) is 1.16. The van der Waals surface area contributed by atoms with Gasteiger partial charge in [-0.3, -0.25) is 0 Å². The van der Waals surface area contributed by atoms with Crippen molar-refractivity contribution in [3.05, 3.63) is 23.8 Å². The Hall–Kier alpha value is -0.960. The molecule has 0 unspecified atom stereocenters. The third kappa shape index (κ3) is 2.77. The van der Waals surface area contributed by atoms with Crippen LogP contribution in [0.5, 0.6) is 0 Å². The highest BCUT2D eigenvalue weighted by Gasteiger charge is 2.16. The number of hydrogen-bond donors (Lipinski definition) is 1. The van der Waals surface area contributed by atoms with E-state index in [0.29, 0.717) is 0 Å². The molecule has 1 aromatic rings. The molecular weight excluding hydrogens is 162 g/mol. The van der Waals surface area contributed by atoms with E-state index in [9.17, 15) is 0 Å². The Balaban J connectivity index is 2.81. The van der Waals surface area contributed by atoms with Gasteiger partial charge >= 0.3 is 0 Å². The third-order valence-electron chi connectivity index (χ3n) is 1.76. The number of rotatable bonds is 2. The molecule has 0 fully saturated rings. The van der Waals surface area contributed by atoms with Gasteiger partial charge in [0.15, 0.2) is 0 Å². The second kappa shape index (κ2) is 3.83. The maximum absolute atomic E-state index is 4.32. The highest BCUT2D eigenvalue weighted by Crippen LogP contribution is 2.16. The molecular formula is C10H17N3. The first-order chi connectivity index (χ1) is 6.04. The van der Waals surface area contributed by atoms with Gasteiger partial charge in [-0.1, -0.05) is 20.8 Å². The molecule has 72 valence electrons. The van der Waals surface area contributed by atoms with Gasteiger partial charge in [0.25, 0.3) is 0 Å². The molecule has 0 aliphatic heterocycles. The molecule has 0 aromatic carbocycles. The average molecular weight is 179 g/mol. The third-order valence-corrected chi connectivity index (χ3v) is 1.76. The van der Waals surface area contributed by atoms with Gasteiger partial charge in [-0.05, 0) is 7.05 Å². The first-order valence-corrected chi connectivity index (χ1v) is 4.50. The molecule has 0 saturated carbocycles. The van der Waals surface area contributed by atoms with Crippen LogP contribution in [0, 0.1) is 0 Å². The van der Waals surface area contributed by atoms with Gasteiger partial charge in [-0.2, -0.15) is 0 Å². The Kier molecular flexibility index (Phi) is 2.98. The summed E-state index contributed by atoms with van der Waals surface area (Å²) >= 11 is 0. The molecule has 3 nitrogen and oxygen atoms in total. The summed E-state index contributed by atoms with van der Waals surface area (Å²) < 4.78 is 0. The maximum Gasteiger partial charge on any atom is 0.133 e. The summed E-state index contributed by atoms with van der Waals surface area (Å²) in [4.78, 5) is 8.63. The number of nitrogens with zero attached hydrogens (tertiary/aromatic N) is 2. The van der Waals surface area contributed by atoms with E-state index >= 15 is 0 Å². The van der Waals surface area contributed by atoms with Gasteiger partial charge in [-0.25, -0.2) is 9.97 Å². The van der Waals surface area contributed by atoms with Crippen molar-refractivity contribution in [2.75, 3.05) is 7.05 Å². The number of aromatic nitrogens is 2. The molecule has 0 aliphatic carbocycles. The zero-order chi connectivity index (χ0) is 9.90. The molecule has 1 heterocycles. The lowest BCUT2D eigenvalue weighted by Crippen LogP contribution is -2.16. The summed E-state index contributed by atoms with van der Waals surface area (Å²) in [5.74, 6) is 0.896. The molecule has 0 atom stereocenters. The number of nitrogens with one attached hydrogen (secondary N) is 1. The molecule has 0 radical (unpaired) electrons. The predicted molar refractivity (Wildman–Crippen MR) is 53.5 cm³/mol. The Labute approximate surface area is 79.6 Å². The van der Waals surface area contributed by atoms with Crippen molar-refractivity contribution in [1.29, 1.82) is 0 Å². The van der Waals surface area contributed by atoms with Crippen molar-refractivity contribution in [2.24, 2.45) is 0 Å². The van der Waals surface area contributed by atoms with Crippen LogP contribution in [-0.2, 0) is 12.0 Å². The van der Waals surface area contributed by atoms with Gasteiger partial charge in [0, 0.05) is 29.9 Å². The van der Waals surface area contributed by atoms with Gasteiger partial charge in [-0.15, -0.1) is 0 Å². The van der Waals surface area contributed by atoms with Crippen LogP contribution in [0.1, 0.15) is 32.2 Å². The lowest BCUT2D eigenvalue weighted by Gasteiger charge is -2.15. The van der Waals surface area contributed by atoms with Crippen LogP contribution in [0.3, 0.4) is 0 Å². The van der Waals surface area contributed by atoms with E-state index in [-0.39, 0.29) is 5.41 Å². The first-order valence-electron chi connectivity index (χ1n) is 4.50. The van der Waals surface area contributed by atoms with Gasteiger partial charge in [0.05, 0.1) is 0 Å². The summed E-state index contributed by atoms with van der Waals surface area (Å²) in [6.45, 7) is 7.16. The molecule has 0 amide bonds. The van der Waals surface area contributed by atoms with Crippen LogP contribution < -0.4 is 5.32 Å². The van der Waals surface area contributed by atoms with Crippen molar-refractivity contribution >= 4 is 0 Å². The Morgan fingerprint density at radius 1 is 1.23 bits per heavy atom. The summed E-state index contributed by atoms with van der Waals surface area (Å²) in [5, 5.41) is 3.06. The zero-order valence-corrected chi connectivity index (χ0v) is 8.76. The van der Waals surface area contributed by atoms with E-state index in [1.165, 1.54) is 0 Å². The Morgan fingerprint density at radius 3 is 2.15 bits per heavy atom. The largest absolute Gasteiger partial charge is 0.316 e. The van der Waals surface area contributed by atoms with E-state index in [0.717, 1.165) is 17.9 Å². The normalized spacial score (nSPS) is 11.7. The van der Waals surface area contributed by atoms with Crippen molar-refractivity contribution in [2.45, 2.75) is 32.7 Å². The van der Waals surface area contributed by atoms with Crippen molar-refractivity contribution in [3.63, 3.8) is 0 Å². The first kappa shape index (κ1) is 10.1. The lowest BCUT2D eigenvalue weighted by atomic mass is 9.96. The Morgan fingerprint density at radius 2 is 1.77 bits per heavy atom. The van der Waals surface area contributed by atoms with E-state index in [2.05, 4.69) is 36.1 Å². The summed E-state index contributed by atoms with van der Waals surface area (Å²) in [6.07, 6.45) is 3.76. The summed E-state index contributed by atoms with van der Waals surface area (Å²) in [7, 11) is 1.91. The molecule has 1 rings (SSSR count). The fourth-order valence-corrected chi connectivity index (χ4v) is 1.04. The van der Waals surface area contributed by atoms with Crippen molar-refractivity contribution in [3.8, 4) is 0 Å². The molecule has 0 aliphatic rings. The van der Waals surface area contributed by atoms with E-state index in [1.54, 1.807) is 0 Å².